The van der Waals surface area contributed by atoms with Crippen LogP contribution in [0.1, 0.15) is 37.2 Å². The molecule has 0 aliphatic rings. The number of hydrogen-bond donors (Lipinski definition) is 0. The Labute approximate surface area is 118 Å². The van der Waals surface area contributed by atoms with Crippen LogP contribution in [0.5, 0.6) is 0 Å². The lowest BCUT2D eigenvalue weighted by molar-refractivity contribution is 0.216. The fourth-order valence-corrected chi connectivity index (χ4v) is 1.97. The molecular formula is C14H18ClN3O. The van der Waals surface area contributed by atoms with E-state index in [9.17, 15) is 0 Å². The van der Waals surface area contributed by atoms with Crippen LogP contribution in [0.15, 0.2) is 28.8 Å². The number of benzene rings is 1. The molecule has 19 heavy (non-hydrogen) atoms. The number of aryl methyl sites for hydroxylation is 1. The van der Waals surface area contributed by atoms with Gasteiger partial charge in [-0.05, 0) is 31.7 Å². The number of rotatable bonds is 5. The summed E-state index contributed by atoms with van der Waals surface area (Å²) in [6.07, 6.45) is 0.792. The molecule has 0 N–H and O–H groups in total. The highest BCUT2D eigenvalue weighted by Gasteiger charge is 2.15. The molecular weight excluding hydrogens is 262 g/mol. The fraction of sp³-hybridized carbons (Fsp3) is 0.429. The molecule has 1 atom stereocenters. The Balaban J connectivity index is 2.02. The Bertz CT molecular complexity index is 524. The van der Waals surface area contributed by atoms with E-state index < -0.39 is 0 Å². The van der Waals surface area contributed by atoms with Gasteiger partial charge in [-0.2, -0.15) is 4.98 Å². The van der Waals surface area contributed by atoms with E-state index in [0.717, 1.165) is 17.3 Å². The molecule has 0 amide bonds. The summed E-state index contributed by atoms with van der Waals surface area (Å²) in [5, 5.41) is 4.65. The molecule has 0 aliphatic heterocycles. The predicted molar refractivity (Wildman–Crippen MR) is 75.0 cm³/mol. The Kier molecular flexibility index (Phi) is 4.56. The highest BCUT2D eigenvalue weighted by molar-refractivity contribution is 6.30. The number of aromatic nitrogens is 2. The van der Waals surface area contributed by atoms with Gasteiger partial charge in [0.15, 0.2) is 5.82 Å². The zero-order chi connectivity index (χ0) is 13.8. The lowest BCUT2D eigenvalue weighted by atomic mass is 10.1. The van der Waals surface area contributed by atoms with Gasteiger partial charge in [0.05, 0.1) is 6.54 Å². The van der Waals surface area contributed by atoms with Crippen LogP contribution in [-0.4, -0.2) is 22.1 Å². The first kappa shape index (κ1) is 14.0. The van der Waals surface area contributed by atoms with Gasteiger partial charge in [0.2, 0.25) is 5.89 Å². The average Bonchev–Trinajstić information content (AvgIpc) is 2.86. The maximum absolute atomic E-state index is 5.90. The third-order valence-electron chi connectivity index (χ3n) is 3.22. The summed E-state index contributed by atoms with van der Waals surface area (Å²) in [6, 6.07) is 8.14. The maximum atomic E-state index is 5.90. The SMILES string of the molecule is CCc1noc(CN(C)[C@H](C)c2ccc(Cl)cc2)n1. The first-order chi connectivity index (χ1) is 9.10. The minimum atomic E-state index is 0.259. The number of hydrogen-bond acceptors (Lipinski definition) is 4. The Hall–Kier alpha value is -1.39. The summed E-state index contributed by atoms with van der Waals surface area (Å²) in [6.45, 7) is 4.78. The van der Waals surface area contributed by atoms with Crippen LogP contribution in [0.25, 0.3) is 0 Å². The van der Waals surface area contributed by atoms with Crippen LogP contribution in [0, 0.1) is 0 Å². The Morgan fingerprint density at radius 3 is 2.58 bits per heavy atom. The van der Waals surface area contributed by atoms with Crippen molar-refractivity contribution >= 4 is 11.6 Å². The molecule has 0 saturated heterocycles. The average molecular weight is 280 g/mol. The van der Waals surface area contributed by atoms with Crippen molar-refractivity contribution in [2.45, 2.75) is 32.9 Å². The lowest BCUT2D eigenvalue weighted by Crippen LogP contribution is -2.22. The highest BCUT2D eigenvalue weighted by Crippen LogP contribution is 2.22. The third kappa shape index (κ3) is 3.55. The van der Waals surface area contributed by atoms with E-state index in [4.69, 9.17) is 16.1 Å². The predicted octanol–water partition coefficient (Wildman–Crippen LogP) is 3.48. The second kappa shape index (κ2) is 6.17. The van der Waals surface area contributed by atoms with Crippen molar-refractivity contribution in [3.8, 4) is 0 Å². The van der Waals surface area contributed by atoms with Crippen molar-refractivity contribution < 1.29 is 4.52 Å². The quantitative estimate of drug-likeness (QED) is 0.840. The molecule has 102 valence electrons. The monoisotopic (exact) mass is 279 g/mol. The van der Waals surface area contributed by atoms with Gasteiger partial charge in [-0.25, -0.2) is 0 Å². The van der Waals surface area contributed by atoms with Gasteiger partial charge in [-0.3, -0.25) is 4.90 Å². The van der Waals surface area contributed by atoms with Crippen molar-refractivity contribution in [1.29, 1.82) is 0 Å². The fourth-order valence-electron chi connectivity index (χ4n) is 1.84. The third-order valence-corrected chi connectivity index (χ3v) is 3.48. The standard InChI is InChI=1S/C14H18ClN3O/c1-4-13-16-14(19-17-13)9-18(3)10(2)11-5-7-12(15)8-6-11/h5-8,10H,4,9H2,1-3H3/t10-/m1/s1. The van der Waals surface area contributed by atoms with Gasteiger partial charge in [-0.1, -0.05) is 35.8 Å². The molecule has 5 heteroatoms. The van der Waals surface area contributed by atoms with Crippen molar-refractivity contribution in [1.82, 2.24) is 15.0 Å². The molecule has 0 saturated carbocycles. The molecule has 0 aliphatic carbocycles. The van der Waals surface area contributed by atoms with Gasteiger partial charge >= 0.3 is 0 Å². The van der Waals surface area contributed by atoms with Crippen LogP contribution in [0.3, 0.4) is 0 Å². The van der Waals surface area contributed by atoms with Crippen LogP contribution >= 0.6 is 11.6 Å². The molecule has 0 spiro atoms. The first-order valence-electron chi connectivity index (χ1n) is 6.37. The van der Waals surface area contributed by atoms with Crippen molar-refractivity contribution in [2.75, 3.05) is 7.05 Å². The van der Waals surface area contributed by atoms with Crippen LogP contribution in [-0.2, 0) is 13.0 Å². The Morgan fingerprint density at radius 1 is 1.32 bits per heavy atom. The van der Waals surface area contributed by atoms with E-state index in [-0.39, 0.29) is 6.04 Å². The summed E-state index contributed by atoms with van der Waals surface area (Å²) in [5.41, 5.74) is 1.21. The maximum Gasteiger partial charge on any atom is 0.240 e. The van der Waals surface area contributed by atoms with Gasteiger partial charge in [0.1, 0.15) is 0 Å². The van der Waals surface area contributed by atoms with E-state index in [2.05, 4.69) is 22.0 Å². The second-order valence-electron chi connectivity index (χ2n) is 4.60. The second-order valence-corrected chi connectivity index (χ2v) is 5.04. The smallest absolute Gasteiger partial charge is 0.240 e. The molecule has 0 fully saturated rings. The molecule has 4 nitrogen and oxygen atoms in total. The van der Waals surface area contributed by atoms with E-state index >= 15 is 0 Å². The minimum Gasteiger partial charge on any atom is -0.338 e. The normalized spacial score (nSPS) is 12.9. The molecule has 2 rings (SSSR count). The van der Waals surface area contributed by atoms with Crippen LogP contribution in [0.2, 0.25) is 5.02 Å². The van der Waals surface area contributed by atoms with E-state index in [1.807, 2.05) is 38.2 Å². The number of nitrogens with zero attached hydrogens (tertiary/aromatic N) is 3. The van der Waals surface area contributed by atoms with Crippen molar-refractivity contribution in [3.05, 3.63) is 46.6 Å². The minimum absolute atomic E-state index is 0.259. The largest absolute Gasteiger partial charge is 0.338 e. The number of halogens is 1. The molecule has 0 radical (unpaired) electrons. The first-order valence-corrected chi connectivity index (χ1v) is 6.75. The molecule has 2 aromatic rings. The summed E-state index contributed by atoms with van der Waals surface area (Å²) in [5.74, 6) is 1.41. The van der Waals surface area contributed by atoms with E-state index in [0.29, 0.717) is 12.4 Å². The lowest BCUT2D eigenvalue weighted by Gasteiger charge is -2.23. The molecule has 0 bridgehead atoms. The van der Waals surface area contributed by atoms with E-state index in [1.165, 1.54) is 5.56 Å². The molecule has 1 aromatic heterocycles. The van der Waals surface area contributed by atoms with Gasteiger partial charge < -0.3 is 4.52 Å². The van der Waals surface area contributed by atoms with Gasteiger partial charge in [-0.15, -0.1) is 0 Å². The zero-order valence-corrected chi connectivity index (χ0v) is 12.2. The highest BCUT2D eigenvalue weighted by atomic mass is 35.5. The van der Waals surface area contributed by atoms with Crippen LogP contribution in [0.4, 0.5) is 0 Å². The molecule has 1 heterocycles. The summed E-state index contributed by atoms with van der Waals surface area (Å²) < 4.78 is 5.21. The molecule has 1 aromatic carbocycles. The van der Waals surface area contributed by atoms with E-state index in [1.54, 1.807) is 0 Å². The summed E-state index contributed by atoms with van der Waals surface area (Å²) in [7, 11) is 2.04. The van der Waals surface area contributed by atoms with Crippen LogP contribution < -0.4 is 0 Å². The van der Waals surface area contributed by atoms with Crippen molar-refractivity contribution in [2.24, 2.45) is 0 Å². The molecule has 0 unspecified atom stereocenters. The van der Waals surface area contributed by atoms with Crippen molar-refractivity contribution in [3.63, 3.8) is 0 Å². The zero-order valence-electron chi connectivity index (χ0n) is 11.4. The van der Waals surface area contributed by atoms with Gasteiger partial charge in [0, 0.05) is 17.5 Å². The van der Waals surface area contributed by atoms with Gasteiger partial charge in [0.25, 0.3) is 0 Å². The summed E-state index contributed by atoms with van der Waals surface area (Å²) in [4.78, 5) is 6.48. The Morgan fingerprint density at radius 2 is 2.00 bits per heavy atom. The topological polar surface area (TPSA) is 42.2 Å². The summed E-state index contributed by atoms with van der Waals surface area (Å²) >= 11 is 5.90.